The average Bonchev–Trinajstić information content (AvgIpc) is 3.50. The van der Waals surface area contributed by atoms with E-state index in [-0.39, 0.29) is 18.6 Å². The smallest absolute Gasteiger partial charge is 0.414 e. The van der Waals surface area contributed by atoms with Crippen LogP contribution in [0, 0.1) is 0 Å². The Morgan fingerprint density at radius 1 is 1.14 bits per heavy atom. The lowest BCUT2D eigenvalue weighted by Gasteiger charge is -2.24. The molecule has 9 nitrogen and oxygen atoms in total. The second kappa shape index (κ2) is 10.1. The second-order valence-corrected chi connectivity index (χ2v) is 9.60. The normalized spacial score (nSPS) is 15.9. The summed E-state index contributed by atoms with van der Waals surface area (Å²) in [5.41, 5.74) is 3.29. The molecule has 0 radical (unpaired) electrons. The molecule has 3 aromatic rings. The van der Waals surface area contributed by atoms with Crippen LogP contribution in [0.2, 0.25) is 0 Å². The van der Waals surface area contributed by atoms with Gasteiger partial charge in [-0.25, -0.2) is 9.78 Å². The largest absolute Gasteiger partial charge is 0.443 e. The van der Waals surface area contributed by atoms with Gasteiger partial charge in [0.1, 0.15) is 17.9 Å². The molecule has 1 aliphatic rings. The summed E-state index contributed by atoms with van der Waals surface area (Å²) >= 11 is 0. The van der Waals surface area contributed by atoms with Crippen LogP contribution in [0.4, 0.5) is 16.2 Å². The predicted molar refractivity (Wildman–Crippen MR) is 134 cm³/mol. The molecule has 1 aliphatic heterocycles. The molecule has 0 N–H and O–H groups in total. The number of likely N-dealkylation sites (N-methyl/N-ethyl adjacent to an activating group) is 1. The molecule has 3 heterocycles. The molecule has 1 aromatic carbocycles. The summed E-state index contributed by atoms with van der Waals surface area (Å²) in [7, 11) is 3.41. The Labute approximate surface area is 205 Å². The summed E-state index contributed by atoms with van der Waals surface area (Å²) in [4.78, 5) is 32.8. The number of carbonyl (C=O) groups is 2. The number of hydrogen-bond acceptors (Lipinski definition) is 6. The molecule has 1 atom stereocenters. The van der Waals surface area contributed by atoms with Gasteiger partial charge in [-0.2, -0.15) is 0 Å². The van der Waals surface area contributed by atoms with Gasteiger partial charge in [-0.1, -0.05) is 12.1 Å². The molecule has 2 aromatic heterocycles. The van der Waals surface area contributed by atoms with Crippen LogP contribution >= 0.6 is 0 Å². The summed E-state index contributed by atoms with van der Waals surface area (Å²) in [5.74, 6) is -0.131. The monoisotopic (exact) mass is 480 g/mol. The minimum absolute atomic E-state index is 0.00469. The molecule has 0 spiro atoms. The van der Waals surface area contributed by atoms with Gasteiger partial charge in [0.15, 0.2) is 0 Å². The Hall–Kier alpha value is -3.43. The highest BCUT2D eigenvalue weighted by atomic mass is 16.6. The first-order valence-corrected chi connectivity index (χ1v) is 11.6. The Morgan fingerprint density at radius 2 is 1.94 bits per heavy atom. The van der Waals surface area contributed by atoms with Crippen LogP contribution in [0.5, 0.6) is 0 Å². The number of anilines is 2. The van der Waals surface area contributed by atoms with Crippen LogP contribution < -0.4 is 9.80 Å². The fourth-order valence-corrected chi connectivity index (χ4v) is 3.77. The van der Waals surface area contributed by atoms with Crippen LogP contribution in [0.1, 0.15) is 27.2 Å². The minimum atomic E-state index is -0.588. The van der Waals surface area contributed by atoms with Gasteiger partial charge in [-0.05, 0) is 51.5 Å². The zero-order chi connectivity index (χ0) is 25.2. The average molecular weight is 481 g/mol. The third kappa shape index (κ3) is 5.80. The van der Waals surface area contributed by atoms with E-state index in [0.29, 0.717) is 18.9 Å². The minimum Gasteiger partial charge on any atom is -0.443 e. The second-order valence-electron chi connectivity index (χ2n) is 9.60. The Bertz CT molecular complexity index is 1210. The molecule has 1 saturated heterocycles. The first-order valence-electron chi connectivity index (χ1n) is 11.6. The van der Waals surface area contributed by atoms with Crippen molar-refractivity contribution in [2.24, 2.45) is 0 Å². The summed E-state index contributed by atoms with van der Waals surface area (Å²) in [6.07, 6.45) is 3.97. The molecule has 186 valence electrons. The van der Waals surface area contributed by atoms with Crippen molar-refractivity contribution in [1.29, 1.82) is 0 Å². The third-order valence-corrected chi connectivity index (χ3v) is 5.78. The number of amides is 2. The van der Waals surface area contributed by atoms with Crippen molar-refractivity contribution in [1.82, 2.24) is 9.38 Å². The Morgan fingerprint density at radius 3 is 2.66 bits per heavy atom. The maximum atomic E-state index is 12.7. The van der Waals surface area contributed by atoms with E-state index in [4.69, 9.17) is 14.2 Å². The van der Waals surface area contributed by atoms with Crippen LogP contribution in [0.3, 0.4) is 0 Å². The van der Waals surface area contributed by atoms with Gasteiger partial charge in [0.25, 0.3) is 5.91 Å². The lowest BCUT2D eigenvalue weighted by molar-refractivity contribution is -0.124. The van der Waals surface area contributed by atoms with Crippen molar-refractivity contribution in [2.45, 2.75) is 38.9 Å². The lowest BCUT2D eigenvalue weighted by Crippen LogP contribution is -2.34. The molecule has 35 heavy (non-hydrogen) atoms. The van der Waals surface area contributed by atoms with Gasteiger partial charge in [0, 0.05) is 38.1 Å². The quantitative estimate of drug-likeness (QED) is 0.527. The van der Waals surface area contributed by atoms with E-state index in [0.717, 1.165) is 29.0 Å². The van der Waals surface area contributed by atoms with Crippen molar-refractivity contribution in [3.05, 3.63) is 48.8 Å². The van der Waals surface area contributed by atoms with Crippen LogP contribution in [-0.4, -0.2) is 67.0 Å². The number of pyridine rings is 1. The zero-order valence-electron chi connectivity index (χ0n) is 20.9. The number of ether oxygens (including phenoxy) is 3. The number of hydrogen-bond donors (Lipinski definition) is 0. The topological polar surface area (TPSA) is 85.6 Å². The van der Waals surface area contributed by atoms with Gasteiger partial charge in [0.05, 0.1) is 30.3 Å². The van der Waals surface area contributed by atoms with Crippen molar-refractivity contribution in [3.63, 3.8) is 0 Å². The summed E-state index contributed by atoms with van der Waals surface area (Å²) < 4.78 is 18.4. The van der Waals surface area contributed by atoms with E-state index in [1.54, 1.807) is 25.2 Å². The molecule has 1 fully saturated rings. The number of rotatable bonds is 6. The fourth-order valence-electron chi connectivity index (χ4n) is 3.77. The van der Waals surface area contributed by atoms with Crippen molar-refractivity contribution in [2.75, 3.05) is 43.7 Å². The van der Waals surface area contributed by atoms with Crippen molar-refractivity contribution >= 4 is 29.0 Å². The summed E-state index contributed by atoms with van der Waals surface area (Å²) in [6, 6.07) is 11.4. The number of nitrogens with zero attached hydrogens (tertiary/aromatic N) is 4. The summed E-state index contributed by atoms with van der Waals surface area (Å²) in [6.45, 7) is 6.71. The number of aromatic nitrogens is 2. The predicted octanol–water partition coefficient (Wildman–Crippen LogP) is 4.14. The van der Waals surface area contributed by atoms with Gasteiger partial charge < -0.3 is 19.1 Å². The van der Waals surface area contributed by atoms with Crippen molar-refractivity contribution < 1.29 is 23.8 Å². The maximum absolute atomic E-state index is 12.7. The molecule has 1 unspecified atom stereocenters. The zero-order valence-corrected chi connectivity index (χ0v) is 20.9. The molecule has 4 rings (SSSR count). The van der Waals surface area contributed by atoms with Crippen molar-refractivity contribution in [3.8, 4) is 11.3 Å². The number of carbonyl (C=O) groups excluding carboxylic acids is 2. The van der Waals surface area contributed by atoms with Gasteiger partial charge in [0.2, 0.25) is 0 Å². The SMILES string of the molecule is CN(C(=O)COC1CCOC1)c1cccc(-c2cnc3ccc(N(C)C(=O)OC(C)(C)C)cn23)c1. The highest BCUT2D eigenvalue weighted by molar-refractivity contribution is 5.94. The third-order valence-electron chi connectivity index (χ3n) is 5.78. The summed E-state index contributed by atoms with van der Waals surface area (Å²) in [5, 5.41) is 0. The standard InChI is InChI=1S/C26H32N4O5/c1-26(2,3)35-25(32)29(5)20-9-10-23-27-14-22(30(23)15-20)18-7-6-8-19(13-18)28(4)24(31)17-34-21-11-12-33-16-21/h6-10,13-15,21H,11-12,16-17H2,1-5H3. The van der Waals surface area contributed by atoms with Gasteiger partial charge in [-0.15, -0.1) is 0 Å². The maximum Gasteiger partial charge on any atom is 0.414 e. The molecule has 9 heteroatoms. The molecule has 2 amide bonds. The van der Waals surface area contributed by atoms with E-state index in [1.165, 1.54) is 4.90 Å². The van der Waals surface area contributed by atoms with E-state index in [2.05, 4.69) is 4.98 Å². The molecular weight excluding hydrogens is 448 g/mol. The fraction of sp³-hybridized carbons (Fsp3) is 0.423. The van der Waals surface area contributed by atoms with E-state index in [1.807, 2.05) is 67.8 Å². The van der Waals surface area contributed by atoms with E-state index < -0.39 is 11.7 Å². The van der Waals surface area contributed by atoms with E-state index in [9.17, 15) is 9.59 Å². The molecule has 0 saturated carbocycles. The highest BCUT2D eigenvalue weighted by Crippen LogP contribution is 2.27. The number of benzene rings is 1. The Kier molecular flexibility index (Phi) is 7.09. The Balaban J connectivity index is 1.55. The molecule has 0 bridgehead atoms. The first kappa shape index (κ1) is 24.7. The van der Waals surface area contributed by atoms with Gasteiger partial charge in [-0.3, -0.25) is 14.1 Å². The lowest BCUT2D eigenvalue weighted by atomic mass is 10.1. The number of imidazole rings is 1. The van der Waals surface area contributed by atoms with Crippen LogP contribution in [0.25, 0.3) is 16.9 Å². The van der Waals surface area contributed by atoms with Crippen LogP contribution in [0.15, 0.2) is 48.8 Å². The number of fused-ring (bicyclic) bond motifs is 1. The molecular formula is C26H32N4O5. The van der Waals surface area contributed by atoms with E-state index >= 15 is 0 Å². The van der Waals surface area contributed by atoms with Gasteiger partial charge >= 0.3 is 6.09 Å². The first-order chi connectivity index (χ1) is 16.6. The highest BCUT2D eigenvalue weighted by Gasteiger charge is 2.22. The van der Waals surface area contributed by atoms with Crippen LogP contribution in [-0.2, 0) is 19.0 Å². The molecule has 0 aliphatic carbocycles.